The third-order valence-corrected chi connectivity index (χ3v) is 2.62. The SMILES string of the molecule is CC1CC(C(C)C(=O)O)CCO1. The molecule has 0 spiro atoms. The summed E-state index contributed by atoms with van der Waals surface area (Å²) < 4.78 is 5.35. The van der Waals surface area contributed by atoms with Crippen molar-refractivity contribution < 1.29 is 14.6 Å². The zero-order valence-electron chi connectivity index (χ0n) is 7.62. The minimum atomic E-state index is -0.686. The second-order valence-electron chi connectivity index (χ2n) is 3.59. The fourth-order valence-electron chi connectivity index (χ4n) is 1.69. The van der Waals surface area contributed by atoms with Crippen molar-refractivity contribution in [1.29, 1.82) is 0 Å². The Balaban J connectivity index is 2.45. The van der Waals surface area contributed by atoms with E-state index < -0.39 is 5.97 Å². The van der Waals surface area contributed by atoms with Gasteiger partial charge in [-0.05, 0) is 25.7 Å². The fourth-order valence-corrected chi connectivity index (χ4v) is 1.69. The van der Waals surface area contributed by atoms with Crippen LogP contribution in [0.1, 0.15) is 26.7 Å². The van der Waals surface area contributed by atoms with Gasteiger partial charge in [0.2, 0.25) is 0 Å². The lowest BCUT2D eigenvalue weighted by molar-refractivity contribution is -0.144. The summed E-state index contributed by atoms with van der Waals surface area (Å²) in [5.41, 5.74) is 0. The van der Waals surface area contributed by atoms with E-state index in [1.807, 2.05) is 6.92 Å². The monoisotopic (exact) mass is 172 g/mol. The third-order valence-electron chi connectivity index (χ3n) is 2.62. The molecule has 1 rings (SSSR count). The number of carbonyl (C=O) groups is 1. The average Bonchev–Trinajstić information content (AvgIpc) is 2.03. The van der Waals surface area contributed by atoms with Gasteiger partial charge >= 0.3 is 5.97 Å². The van der Waals surface area contributed by atoms with Crippen LogP contribution in [0.3, 0.4) is 0 Å². The number of rotatable bonds is 2. The molecule has 1 fully saturated rings. The van der Waals surface area contributed by atoms with Crippen molar-refractivity contribution in [3.8, 4) is 0 Å². The molecule has 3 atom stereocenters. The van der Waals surface area contributed by atoms with E-state index in [9.17, 15) is 4.79 Å². The van der Waals surface area contributed by atoms with Crippen molar-refractivity contribution in [1.82, 2.24) is 0 Å². The van der Waals surface area contributed by atoms with Crippen LogP contribution in [0, 0.1) is 11.8 Å². The van der Waals surface area contributed by atoms with Crippen LogP contribution in [-0.4, -0.2) is 23.8 Å². The molecule has 70 valence electrons. The van der Waals surface area contributed by atoms with Crippen LogP contribution >= 0.6 is 0 Å². The Kier molecular flexibility index (Phi) is 3.09. The molecule has 12 heavy (non-hydrogen) atoms. The molecule has 3 nitrogen and oxygen atoms in total. The summed E-state index contributed by atoms with van der Waals surface area (Å²) in [5.74, 6) is -0.614. The molecule has 1 N–H and O–H groups in total. The molecule has 0 saturated carbocycles. The Morgan fingerprint density at radius 3 is 2.83 bits per heavy atom. The maximum Gasteiger partial charge on any atom is 0.306 e. The molecule has 0 aromatic carbocycles. The highest BCUT2D eigenvalue weighted by Gasteiger charge is 2.28. The lowest BCUT2D eigenvalue weighted by atomic mass is 9.85. The summed E-state index contributed by atoms with van der Waals surface area (Å²) in [6.45, 7) is 4.50. The molecule has 1 aliphatic rings. The van der Waals surface area contributed by atoms with Crippen LogP contribution in [0.4, 0.5) is 0 Å². The zero-order chi connectivity index (χ0) is 9.14. The molecule has 1 aliphatic heterocycles. The summed E-state index contributed by atoms with van der Waals surface area (Å²) in [4.78, 5) is 10.7. The van der Waals surface area contributed by atoms with Crippen molar-refractivity contribution >= 4 is 5.97 Å². The Hall–Kier alpha value is -0.570. The summed E-state index contributed by atoms with van der Waals surface area (Å²) >= 11 is 0. The second-order valence-corrected chi connectivity index (χ2v) is 3.59. The van der Waals surface area contributed by atoms with Gasteiger partial charge in [-0.25, -0.2) is 0 Å². The van der Waals surface area contributed by atoms with E-state index in [4.69, 9.17) is 9.84 Å². The Morgan fingerprint density at radius 2 is 2.33 bits per heavy atom. The molecule has 0 bridgehead atoms. The maximum absolute atomic E-state index is 10.7. The molecule has 0 radical (unpaired) electrons. The fraction of sp³-hybridized carbons (Fsp3) is 0.889. The van der Waals surface area contributed by atoms with Crippen LogP contribution in [-0.2, 0) is 9.53 Å². The minimum absolute atomic E-state index is 0.226. The summed E-state index contributed by atoms with van der Waals surface area (Å²) in [6.07, 6.45) is 2.00. The number of hydrogen-bond acceptors (Lipinski definition) is 2. The van der Waals surface area contributed by atoms with E-state index >= 15 is 0 Å². The largest absolute Gasteiger partial charge is 0.481 e. The number of hydrogen-bond donors (Lipinski definition) is 1. The molecular formula is C9H16O3. The Morgan fingerprint density at radius 1 is 1.67 bits per heavy atom. The summed E-state index contributed by atoms with van der Waals surface area (Å²) in [5, 5.41) is 8.78. The molecule has 0 amide bonds. The van der Waals surface area contributed by atoms with Gasteiger partial charge in [-0.15, -0.1) is 0 Å². The van der Waals surface area contributed by atoms with Gasteiger partial charge in [-0.2, -0.15) is 0 Å². The van der Waals surface area contributed by atoms with E-state index in [-0.39, 0.29) is 12.0 Å². The highest BCUT2D eigenvalue weighted by Crippen LogP contribution is 2.26. The first-order valence-corrected chi connectivity index (χ1v) is 4.45. The molecule has 1 heterocycles. The zero-order valence-corrected chi connectivity index (χ0v) is 7.62. The van der Waals surface area contributed by atoms with Gasteiger partial charge in [-0.3, -0.25) is 4.79 Å². The molecule has 0 aromatic heterocycles. The summed E-state index contributed by atoms with van der Waals surface area (Å²) in [7, 11) is 0. The van der Waals surface area contributed by atoms with Crippen LogP contribution in [0.2, 0.25) is 0 Å². The van der Waals surface area contributed by atoms with E-state index in [2.05, 4.69) is 0 Å². The lowest BCUT2D eigenvalue weighted by Crippen LogP contribution is -2.30. The lowest BCUT2D eigenvalue weighted by Gasteiger charge is -2.29. The molecule has 0 aromatic rings. The van der Waals surface area contributed by atoms with Crippen molar-refractivity contribution in [3.05, 3.63) is 0 Å². The van der Waals surface area contributed by atoms with Gasteiger partial charge in [0.15, 0.2) is 0 Å². The first-order chi connectivity index (χ1) is 5.61. The third kappa shape index (κ3) is 2.21. The van der Waals surface area contributed by atoms with Crippen LogP contribution < -0.4 is 0 Å². The molecule has 0 aliphatic carbocycles. The average molecular weight is 172 g/mol. The van der Waals surface area contributed by atoms with Crippen LogP contribution in [0.25, 0.3) is 0 Å². The molecule has 3 heteroatoms. The van der Waals surface area contributed by atoms with Gasteiger partial charge in [-0.1, -0.05) is 6.92 Å². The number of aliphatic carboxylic acids is 1. The van der Waals surface area contributed by atoms with Crippen molar-refractivity contribution in [2.45, 2.75) is 32.8 Å². The van der Waals surface area contributed by atoms with Gasteiger partial charge in [0.1, 0.15) is 0 Å². The van der Waals surface area contributed by atoms with Crippen molar-refractivity contribution in [3.63, 3.8) is 0 Å². The van der Waals surface area contributed by atoms with E-state index in [1.165, 1.54) is 0 Å². The maximum atomic E-state index is 10.7. The van der Waals surface area contributed by atoms with Crippen molar-refractivity contribution in [2.75, 3.05) is 6.61 Å². The number of carboxylic acids is 1. The van der Waals surface area contributed by atoms with Gasteiger partial charge in [0.25, 0.3) is 0 Å². The summed E-state index contributed by atoms with van der Waals surface area (Å²) in [6, 6.07) is 0. The first kappa shape index (κ1) is 9.52. The Labute approximate surface area is 72.7 Å². The van der Waals surface area contributed by atoms with E-state index in [1.54, 1.807) is 6.92 Å². The van der Waals surface area contributed by atoms with Crippen LogP contribution in [0.15, 0.2) is 0 Å². The van der Waals surface area contributed by atoms with Crippen LogP contribution in [0.5, 0.6) is 0 Å². The highest BCUT2D eigenvalue weighted by atomic mass is 16.5. The molecule has 1 saturated heterocycles. The van der Waals surface area contributed by atoms with E-state index in [0.717, 1.165) is 12.8 Å². The number of carboxylic acid groups (broad SMARTS) is 1. The van der Waals surface area contributed by atoms with Gasteiger partial charge in [0, 0.05) is 6.61 Å². The standard InChI is InChI=1S/C9H16O3/c1-6-5-8(3-4-12-6)7(2)9(10)11/h6-8H,3-5H2,1-2H3,(H,10,11). The van der Waals surface area contributed by atoms with Crippen molar-refractivity contribution in [2.24, 2.45) is 11.8 Å². The molecule has 3 unspecified atom stereocenters. The normalized spacial score (nSPS) is 32.8. The topological polar surface area (TPSA) is 46.5 Å². The first-order valence-electron chi connectivity index (χ1n) is 4.45. The predicted molar refractivity (Wildman–Crippen MR) is 44.9 cm³/mol. The highest BCUT2D eigenvalue weighted by molar-refractivity contribution is 5.69. The van der Waals surface area contributed by atoms with Gasteiger partial charge in [0.05, 0.1) is 12.0 Å². The quantitative estimate of drug-likeness (QED) is 0.687. The predicted octanol–water partition coefficient (Wildman–Crippen LogP) is 1.52. The smallest absolute Gasteiger partial charge is 0.306 e. The second kappa shape index (κ2) is 3.90. The van der Waals surface area contributed by atoms with E-state index in [0.29, 0.717) is 12.5 Å². The minimum Gasteiger partial charge on any atom is -0.481 e. The Bertz CT molecular complexity index is 167. The number of ether oxygens (including phenoxy) is 1. The van der Waals surface area contributed by atoms with Gasteiger partial charge < -0.3 is 9.84 Å². The molecular weight excluding hydrogens is 156 g/mol.